The molecule has 12 rings (SSSR count). The quantitative estimate of drug-likeness (QED) is 0.161. The molecule has 1 aliphatic carbocycles. The highest BCUT2D eigenvalue weighted by Gasteiger charge is 2.35. The fourth-order valence-electron chi connectivity index (χ4n) is 9.46. The number of aromatic nitrogens is 4. The molecule has 0 amide bonds. The fourth-order valence-corrected chi connectivity index (χ4v) is 9.46. The number of nitrogens with zero attached hydrogens (tertiary/aromatic N) is 5. The van der Waals surface area contributed by atoms with Gasteiger partial charge in [0.25, 0.3) is 0 Å². The van der Waals surface area contributed by atoms with E-state index in [2.05, 4.69) is 167 Å². The third-order valence-corrected chi connectivity index (χ3v) is 12.3. The highest BCUT2D eigenvalue weighted by molar-refractivity contribution is 6.15. The highest BCUT2D eigenvalue weighted by Crippen LogP contribution is 2.52. The van der Waals surface area contributed by atoms with Crippen molar-refractivity contribution < 1.29 is 0 Å². The number of anilines is 2. The van der Waals surface area contributed by atoms with Gasteiger partial charge in [-0.2, -0.15) is 0 Å². The largest absolute Gasteiger partial charge is 0.313 e. The van der Waals surface area contributed by atoms with Crippen molar-refractivity contribution in [2.75, 3.05) is 4.90 Å². The van der Waals surface area contributed by atoms with E-state index < -0.39 is 0 Å². The fraction of sp³-hybridized carbons (Fsp3) is 0.0351. The summed E-state index contributed by atoms with van der Waals surface area (Å²) in [4.78, 5) is 17.4. The van der Waals surface area contributed by atoms with Crippen LogP contribution in [0.2, 0.25) is 0 Å². The van der Waals surface area contributed by atoms with Crippen LogP contribution in [0.15, 0.2) is 224 Å². The van der Waals surface area contributed by atoms with Crippen LogP contribution in [0.4, 0.5) is 11.4 Å². The molecule has 0 N–H and O–H groups in total. The molecule has 2 aliphatic rings. The van der Waals surface area contributed by atoms with Gasteiger partial charge in [-0.25, -0.2) is 15.0 Å². The molecule has 1 atom stereocenters. The van der Waals surface area contributed by atoms with Crippen molar-refractivity contribution in [1.82, 2.24) is 19.5 Å². The van der Waals surface area contributed by atoms with Crippen molar-refractivity contribution in [3.05, 3.63) is 230 Å². The number of hydrogen-bond acceptors (Lipinski definition) is 4. The monoisotopic (exact) mass is 793 g/mol. The van der Waals surface area contributed by atoms with E-state index in [9.17, 15) is 0 Å². The predicted molar refractivity (Wildman–Crippen MR) is 255 cm³/mol. The second-order valence-electron chi connectivity index (χ2n) is 16.0. The summed E-state index contributed by atoms with van der Waals surface area (Å²) in [5, 5.41) is 2.52. The second-order valence-corrected chi connectivity index (χ2v) is 16.0. The molecule has 3 heterocycles. The average molecular weight is 794 g/mol. The molecule has 62 heavy (non-hydrogen) atoms. The Balaban J connectivity index is 0.906. The SMILES string of the molecule is C1=CCC2C(=C1)N(c1ccc(-c3cccc4c3c3ccccc3n4-c3ccccc3)cc1)c1ccc(-c3cccc(-c4nc(-c5ccccc5)nc(-c5ccccc5)n4)c3)cc12. The zero-order chi connectivity index (χ0) is 41.0. The molecule has 0 saturated carbocycles. The molecule has 10 aromatic rings. The Bertz CT molecular complexity index is 3310. The molecule has 5 nitrogen and oxygen atoms in total. The van der Waals surface area contributed by atoms with Crippen LogP contribution >= 0.6 is 0 Å². The third kappa shape index (κ3) is 6.05. The Hall–Kier alpha value is -8.15. The van der Waals surface area contributed by atoms with Gasteiger partial charge in [0.1, 0.15) is 0 Å². The van der Waals surface area contributed by atoms with Gasteiger partial charge in [0.2, 0.25) is 0 Å². The van der Waals surface area contributed by atoms with E-state index >= 15 is 0 Å². The van der Waals surface area contributed by atoms with E-state index in [1.165, 1.54) is 55.4 Å². The lowest BCUT2D eigenvalue weighted by atomic mass is 9.90. The highest BCUT2D eigenvalue weighted by atomic mass is 15.2. The third-order valence-electron chi connectivity index (χ3n) is 12.3. The smallest absolute Gasteiger partial charge is 0.164 e. The average Bonchev–Trinajstić information content (AvgIpc) is 3.87. The van der Waals surface area contributed by atoms with Crippen LogP contribution < -0.4 is 4.90 Å². The summed E-state index contributed by atoms with van der Waals surface area (Å²) >= 11 is 0. The summed E-state index contributed by atoms with van der Waals surface area (Å²) < 4.78 is 2.38. The number of benzene rings is 8. The van der Waals surface area contributed by atoms with Crippen LogP contribution in [0, 0.1) is 0 Å². The minimum atomic E-state index is 0.265. The van der Waals surface area contributed by atoms with Crippen molar-refractivity contribution in [2.24, 2.45) is 0 Å². The van der Waals surface area contributed by atoms with Gasteiger partial charge in [-0.3, -0.25) is 0 Å². The van der Waals surface area contributed by atoms with Gasteiger partial charge in [-0.1, -0.05) is 158 Å². The first-order valence-corrected chi connectivity index (χ1v) is 21.2. The van der Waals surface area contributed by atoms with E-state index in [0.717, 1.165) is 40.0 Å². The van der Waals surface area contributed by atoms with Crippen LogP contribution in [0.3, 0.4) is 0 Å². The molecule has 0 fully saturated rings. The van der Waals surface area contributed by atoms with Gasteiger partial charge in [0.05, 0.1) is 11.0 Å². The number of hydrogen-bond donors (Lipinski definition) is 0. The van der Waals surface area contributed by atoms with Gasteiger partial charge in [0.15, 0.2) is 17.5 Å². The zero-order valence-corrected chi connectivity index (χ0v) is 33.8. The van der Waals surface area contributed by atoms with Crippen molar-refractivity contribution in [3.8, 4) is 62.1 Å². The summed E-state index contributed by atoms with van der Waals surface area (Å²) in [5.41, 5.74) is 16.2. The number of allylic oxidation sites excluding steroid dienone is 4. The molecular formula is C57H39N5. The van der Waals surface area contributed by atoms with Crippen LogP contribution in [0.25, 0.3) is 83.9 Å². The first-order chi connectivity index (χ1) is 30.7. The number of para-hydroxylation sites is 2. The summed E-state index contributed by atoms with van der Waals surface area (Å²) in [6, 6.07) is 71.1. The molecule has 8 aromatic carbocycles. The Kier molecular flexibility index (Phi) is 8.56. The van der Waals surface area contributed by atoms with Gasteiger partial charge in [-0.05, 0) is 94.9 Å². The zero-order valence-electron chi connectivity index (χ0n) is 33.8. The first kappa shape index (κ1) is 35.8. The molecule has 0 spiro atoms. The topological polar surface area (TPSA) is 46.8 Å². The molecule has 2 aromatic heterocycles. The van der Waals surface area contributed by atoms with Crippen molar-refractivity contribution in [3.63, 3.8) is 0 Å². The van der Waals surface area contributed by atoms with Gasteiger partial charge >= 0.3 is 0 Å². The molecule has 0 saturated heterocycles. The van der Waals surface area contributed by atoms with Crippen LogP contribution in [0.5, 0.6) is 0 Å². The van der Waals surface area contributed by atoms with Gasteiger partial charge in [-0.15, -0.1) is 0 Å². The molecule has 1 unspecified atom stereocenters. The Morgan fingerprint density at radius 1 is 0.435 bits per heavy atom. The van der Waals surface area contributed by atoms with Crippen molar-refractivity contribution >= 4 is 33.2 Å². The lowest BCUT2D eigenvalue weighted by Crippen LogP contribution is -2.14. The molecule has 0 bridgehead atoms. The summed E-state index contributed by atoms with van der Waals surface area (Å²) in [6.45, 7) is 0. The number of rotatable bonds is 7. The first-order valence-electron chi connectivity index (χ1n) is 21.2. The molecule has 292 valence electrons. The molecule has 5 heteroatoms. The molecular weight excluding hydrogens is 755 g/mol. The minimum absolute atomic E-state index is 0.265. The van der Waals surface area contributed by atoms with E-state index in [0.29, 0.717) is 17.5 Å². The Morgan fingerprint density at radius 3 is 1.76 bits per heavy atom. The lowest BCUT2D eigenvalue weighted by Gasteiger charge is -2.24. The van der Waals surface area contributed by atoms with E-state index in [1.54, 1.807) is 0 Å². The normalized spacial score (nSPS) is 14.2. The number of fused-ring (bicyclic) bond motifs is 6. The van der Waals surface area contributed by atoms with Gasteiger partial charge < -0.3 is 9.47 Å². The van der Waals surface area contributed by atoms with E-state index in [-0.39, 0.29) is 5.92 Å². The maximum Gasteiger partial charge on any atom is 0.164 e. The maximum atomic E-state index is 5.01. The van der Waals surface area contributed by atoms with E-state index in [1.807, 2.05) is 60.7 Å². The Morgan fingerprint density at radius 2 is 1.02 bits per heavy atom. The molecule has 1 aliphatic heterocycles. The van der Waals surface area contributed by atoms with Crippen molar-refractivity contribution in [1.29, 1.82) is 0 Å². The Labute approximate surface area is 360 Å². The summed E-state index contributed by atoms with van der Waals surface area (Å²) in [7, 11) is 0. The molecule has 0 radical (unpaired) electrons. The second kappa shape index (κ2) is 14.8. The van der Waals surface area contributed by atoms with Gasteiger partial charge in [0, 0.05) is 56.1 Å². The standard InChI is InChI=1S/C57H39N5/c1-4-16-39(17-5-1)55-58-56(40-18-6-2-7-19-40)60-57(59-55)43-21-14-20-41(36-43)42-32-35-52-49(37-42)47-24-10-12-27-50(47)61(52)45-33-30-38(31-34-45)46-26-15-29-53-54(46)48-25-11-13-28-51(48)62(53)44-22-8-3-9-23-44/h1-23,25-37,47H,24H2. The predicted octanol–water partition coefficient (Wildman–Crippen LogP) is 14.4. The summed E-state index contributed by atoms with van der Waals surface area (Å²) in [6.07, 6.45) is 7.74. The summed E-state index contributed by atoms with van der Waals surface area (Å²) in [5.74, 6) is 2.23. The van der Waals surface area contributed by atoms with Crippen LogP contribution in [0.1, 0.15) is 17.9 Å². The van der Waals surface area contributed by atoms with Crippen LogP contribution in [-0.2, 0) is 0 Å². The van der Waals surface area contributed by atoms with Crippen LogP contribution in [-0.4, -0.2) is 19.5 Å². The minimum Gasteiger partial charge on any atom is -0.313 e. The maximum absolute atomic E-state index is 5.01. The lowest BCUT2D eigenvalue weighted by molar-refractivity contribution is 0.820. The van der Waals surface area contributed by atoms with Crippen molar-refractivity contribution in [2.45, 2.75) is 12.3 Å². The van der Waals surface area contributed by atoms with E-state index in [4.69, 9.17) is 15.0 Å².